The third-order valence-corrected chi connectivity index (χ3v) is 4.58. The van der Waals surface area contributed by atoms with E-state index in [-0.39, 0.29) is 16.8 Å². The maximum atomic E-state index is 12.3. The molecule has 0 aliphatic carbocycles. The molecule has 0 aliphatic rings. The Morgan fingerprint density at radius 2 is 1.90 bits per heavy atom. The highest BCUT2D eigenvalue weighted by Crippen LogP contribution is 2.20. The Morgan fingerprint density at radius 3 is 2.40 bits per heavy atom. The first kappa shape index (κ1) is 14.5. The zero-order chi connectivity index (χ0) is 14.9. The summed E-state index contributed by atoms with van der Waals surface area (Å²) in [4.78, 5) is -0.000961. The van der Waals surface area contributed by atoms with Gasteiger partial charge >= 0.3 is 0 Å². The van der Waals surface area contributed by atoms with Gasteiger partial charge in [-0.3, -0.25) is 4.68 Å². The van der Waals surface area contributed by atoms with Crippen molar-refractivity contribution in [2.75, 3.05) is 5.73 Å². The highest BCUT2D eigenvalue weighted by molar-refractivity contribution is 7.89. The van der Waals surface area contributed by atoms with E-state index in [1.807, 2.05) is 31.2 Å². The van der Waals surface area contributed by atoms with Crippen LogP contribution in [-0.2, 0) is 17.1 Å². The molecule has 0 saturated heterocycles. The molecule has 20 heavy (non-hydrogen) atoms. The molecule has 0 saturated carbocycles. The van der Waals surface area contributed by atoms with Crippen molar-refractivity contribution in [3.05, 3.63) is 41.6 Å². The van der Waals surface area contributed by atoms with E-state index in [2.05, 4.69) is 9.82 Å². The largest absolute Gasteiger partial charge is 0.381 e. The number of nitrogens with zero attached hydrogens (tertiary/aromatic N) is 2. The van der Waals surface area contributed by atoms with Gasteiger partial charge in [-0.15, -0.1) is 0 Å². The molecule has 1 aromatic carbocycles. The van der Waals surface area contributed by atoms with Gasteiger partial charge < -0.3 is 5.73 Å². The highest BCUT2D eigenvalue weighted by Gasteiger charge is 2.23. The predicted octanol–water partition coefficient (Wildman–Crippen LogP) is 1.35. The van der Waals surface area contributed by atoms with Gasteiger partial charge in [0.2, 0.25) is 10.0 Å². The van der Waals surface area contributed by atoms with Gasteiger partial charge in [0.1, 0.15) is 4.90 Å². The average molecular weight is 294 g/mol. The van der Waals surface area contributed by atoms with Crippen LogP contribution in [0.4, 0.5) is 5.82 Å². The highest BCUT2D eigenvalue weighted by atomic mass is 32.2. The second-order valence-corrected chi connectivity index (χ2v) is 6.49. The third-order valence-electron chi connectivity index (χ3n) is 3.02. The lowest BCUT2D eigenvalue weighted by atomic mass is 10.1. The average Bonchev–Trinajstić information content (AvgIpc) is 2.69. The summed E-state index contributed by atoms with van der Waals surface area (Å²) in [7, 11) is -2.06. The lowest BCUT2D eigenvalue weighted by Crippen LogP contribution is -2.27. The van der Waals surface area contributed by atoms with E-state index in [0.29, 0.717) is 0 Å². The lowest BCUT2D eigenvalue weighted by molar-refractivity contribution is 0.567. The van der Waals surface area contributed by atoms with Gasteiger partial charge in [-0.05, 0) is 19.4 Å². The van der Waals surface area contributed by atoms with Crippen LogP contribution in [-0.4, -0.2) is 18.2 Å². The fourth-order valence-corrected chi connectivity index (χ4v) is 3.25. The smallest absolute Gasteiger partial charge is 0.246 e. The number of sulfonamides is 1. The summed E-state index contributed by atoms with van der Waals surface area (Å²) in [5.74, 6) is -0.00361. The van der Waals surface area contributed by atoms with Crippen molar-refractivity contribution < 1.29 is 8.42 Å². The Bertz CT molecular complexity index is 704. The summed E-state index contributed by atoms with van der Waals surface area (Å²) in [5.41, 5.74) is 7.63. The van der Waals surface area contributed by atoms with Crippen molar-refractivity contribution in [3.8, 4) is 0 Å². The van der Waals surface area contributed by atoms with Crippen LogP contribution in [0.3, 0.4) is 0 Å². The van der Waals surface area contributed by atoms with E-state index < -0.39 is 10.0 Å². The van der Waals surface area contributed by atoms with Crippen molar-refractivity contribution in [1.29, 1.82) is 0 Å². The molecule has 2 rings (SSSR count). The lowest BCUT2D eigenvalue weighted by Gasteiger charge is -2.14. The number of nitrogens with two attached hydrogens (primary N) is 1. The van der Waals surface area contributed by atoms with E-state index in [9.17, 15) is 8.42 Å². The van der Waals surface area contributed by atoms with Gasteiger partial charge in [0, 0.05) is 19.3 Å². The number of anilines is 1. The summed E-state index contributed by atoms with van der Waals surface area (Å²) >= 11 is 0. The van der Waals surface area contributed by atoms with Crippen molar-refractivity contribution in [2.45, 2.75) is 24.8 Å². The second kappa shape index (κ2) is 5.26. The number of rotatable bonds is 4. The molecule has 0 spiro atoms. The zero-order valence-corrected chi connectivity index (χ0v) is 12.5. The van der Waals surface area contributed by atoms with Crippen molar-refractivity contribution in [3.63, 3.8) is 0 Å². The first-order valence-electron chi connectivity index (χ1n) is 6.17. The van der Waals surface area contributed by atoms with Crippen LogP contribution < -0.4 is 10.5 Å². The minimum absolute atomic E-state index is 0.000961. The van der Waals surface area contributed by atoms with Crippen molar-refractivity contribution in [1.82, 2.24) is 14.5 Å². The summed E-state index contributed by atoms with van der Waals surface area (Å²) < 4.78 is 28.5. The summed E-state index contributed by atoms with van der Waals surface area (Å²) in [6.45, 7) is 3.77. The predicted molar refractivity (Wildman–Crippen MR) is 77.5 cm³/mol. The van der Waals surface area contributed by atoms with Crippen LogP contribution in [0, 0.1) is 6.92 Å². The molecule has 6 nitrogen and oxygen atoms in total. The Labute approximate surface area is 118 Å². The van der Waals surface area contributed by atoms with E-state index in [0.717, 1.165) is 11.1 Å². The molecule has 1 unspecified atom stereocenters. The van der Waals surface area contributed by atoms with E-state index in [4.69, 9.17) is 5.73 Å². The standard InChI is InChI=1S/C13H18N4O2S/c1-9-4-6-11(7-5-9)10(2)16-20(18,19)12-8-17(3)15-13(12)14/h4-8,10,16H,1-3H3,(H2,14,15). The molecule has 1 atom stereocenters. The molecule has 1 heterocycles. The number of hydrogen-bond donors (Lipinski definition) is 2. The number of aryl methyl sites for hydroxylation is 2. The minimum Gasteiger partial charge on any atom is -0.381 e. The van der Waals surface area contributed by atoms with Gasteiger partial charge in [-0.1, -0.05) is 29.8 Å². The number of benzene rings is 1. The number of hydrogen-bond acceptors (Lipinski definition) is 4. The molecular weight excluding hydrogens is 276 g/mol. The molecule has 7 heteroatoms. The Balaban J connectivity index is 2.24. The zero-order valence-electron chi connectivity index (χ0n) is 11.7. The van der Waals surface area contributed by atoms with E-state index in [1.54, 1.807) is 14.0 Å². The Hall–Kier alpha value is -1.86. The van der Waals surface area contributed by atoms with Crippen LogP contribution in [0.15, 0.2) is 35.4 Å². The van der Waals surface area contributed by atoms with Gasteiger partial charge in [0.25, 0.3) is 0 Å². The van der Waals surface area contributed by atoms with E-state index in [1.165, 1.54) is 10.9 Å². The van der Waals surface area contributed by atoms with Gasteiger partial charge in [0.05, 0.1) is 0 Å². The minimum atomic E-state index is -3.69. The van der Waals surface area contributed by atoms with Crippen LogP contribution in [0.25, 0.3) is 0 Å². The van der Waals surface area contributed by atoms with Crippen molar-refractivity contribution >= 4 is 15.8 Å². The molecule has 2 aromatic rings. The molecular formula is C13H18N4O2S. The number of nitrogen functional groups attached to an aromatic ring is 1. The van der Waals surface area contributed by atoms with Gasteiger partial charge in [0.15, 0.2) is 5.82 Å². The molecule has 0 aliphatic heterocycles. The molecule has 3 N–H and O–H groups in total. The van der Waals surface area contributed by atoms with Crippen molar-refractivity contribution in [2.24, 2.45) is 7.05 Å². The van der Waals surface area contributed by atoms with Crippen LogP contribution >= 0.6 is 0 Å². The topological polar surface area (TPSA) is 90.0 Å². The fourth-order valence-electron chi connectivity index (χ4n) is 1.91. The van der Waals surface area contributed by atoms with Gasteiger partial charge in [-0.2, -0.15) is 5.10 Å². The normalized spacial score (nSPS) is 13.3. The summed E-state index contributed by atoms with van der Waals surface area (Å²) in [6.07, 6.45) is 1.39. The van der Waals surface area contributed by atoms with Crippen LogP contribution in [0.2, 0.25) is 0 Å². The van der Waals surface area contributed by atoms with E-state index >= 15 is 0 Å². The molecule has 0 radical (unpaired) electrons. The summed E-state index contributed by atoms with van der Waals surface area (Å²) in [5, 5.41) is 3.84. The summed E-state index contributed by atoms with van der Waals surface area (Å²) in [6, 6.07) is 7.33. The quantitative estimate of drug-likeness (QED) is 0.890. The molecule has 108 valence electrons. The molecule has 0 amide bonds. The second-order valence-electron chi connectivity index (χ2n) is 4.81. The monoisotopic (exact) mass is 294 g/mol. The number of aromatic nitrogens is 2. The maximum absolute atomic E-state index is 12.3. The first-order valence-corrected chi connectivity index (χ1v) is 7.66. The van der Waals surface area contributed by atoms with Crippen LogP contribution in [0.5, 0.6) is 0 Å². The molecule has 1 aromatic heterocycles. The fraction of sp³-hybridized carbons (Fsp3) is 0.308. The van der Waals surface area contributed by atoms with Gasteiger partial charge in [-0.25, -0.2) is 13.1 Å². The SMILES string of the molecule is Cc1ccc(C(C)NS(=O)(=O)c2cn(C)nc2N)cc1. The third kappa shape index (κ3) is 3.00. The number of nitrogens with one attached hydrogen (secondary N) is 1. The molecule has 0 fully saturated rings. The molecule has 0 bridgehead atoms. The Kier molecular flexibility index (Phi) is 3.82. The van der Waals surface area contributed by atoms with Crippen LogP contribution in [0.1, 0.15) is 24.1 Å². The Morgan fingerprint density at radius 1 is 1.30 bits per heavy atom. The maximum Gasteiger partial charge on any atom is 0.246 e. The first-order chi connectivity index (χ1) is 9.29.